The molecule has 0 saturated carbocycles. The summed E-state index contributed by atoms with van der Waals surface area (Å²) < 4.78 is 5.17. The summed E-state index contributed by atoms with van der Waals surface area (Å²) in [6, 6.07) is 66.3. The van der Waals surface area contributed by atoms with Crippen molar-refractivity contribution in [3.8, 4) is 61.3 Å². The first-order valence-electron chi connectivity index (χ1n) is 19.9. The third-order valence-corrected chi connectivity index (χ3v) is 14.3. The molecule has 2 heterocycles. The highest BCUT2D eigenvalue weighted by atomic mass is 32.1. The van der Waals surface area contributed by atoms with Gasteiger partial charge in [-0.3, -0.25) is 0 Å². The van der Waals surface area contributed by atoms with Crippen molar-refractivity contribution in [2.45, 2.75) is 19.3 Å². The van der Waals surface area contributed by atoms with E-state index < -0.39 is 0 Å². The second-order valence-corrected chi connectivity index (χ2v) is 17.5. The van der Waals surface area contributed by atoms with E-state index in [1.165, 1.54) is 125 Å². The van der Waals surface area contributed by atoms with Crippen LogP contribution < -0.4 is 0 Å². The molecular formula is C55H35NS. The van der Waals surface area contributed by atoms with Crippen LogP contribution in [0.15, 0.2) is 176 Å². The van der Waals surface area contributed by atoms with Crippen LogP contribution >= 0.6 is 11.3 Å². The van der Waals surface area contributed by atoms with Crippen molar-refractivity contribution in [3.63, 3.8) is 0 Å². The highest BCUT2D eigenvalue weighted by Crippen LogP contribution is 2.52. The van der Waals surface area contributed by atoms with Gasteiger partial charge in [0, 0.05) is 42.0 Å². The molecule has 0 amide bonds. The second kappa shape index (κ2) is 11.2. The fourth-order valence-corrected chi connectivity index (χ4v) is 11.5. The molecule has 2 aliphatic rings. The predicted molar refractivity (Wildman–Crippen MR) is 244 cm³/mol. The summed E-state index contributed by atoms with van der Waals surface area (Å²) in [6.45, 7) is 4.76. The summed E-state index contributed by atoms with van der Waals surface area (Å²) in [6.07, 6.45) is 0. The minimum absolute atomic E-state index is 0.0927. The van der Waals surface area contributed by atoms with Gasteiger partial charge >= 0.3 is 0 Å². The largest absolute Gasteiger partial charge is 0.309 e. The molecular weight excluding hydrogens is 707 g/mol. The van der Waals surface area contributed by atoms with Crippen LogP contribution in [0.2, 0.25) is 0 Å². The van der Waals surface area contributed by atoms with E-state index in [-0.39, 0.29) is 5.41 Å². The van der Waals surface area contributed by atoms with Crippen LogP contribution in [-0.4, -0.2) is 4.57 Å². The van der Waals surface area contributed by atoms with Gasteiger partial charge < -0.3 is 4.57 Å². The Labute approximate surface area is 334 Å². The molecule has 0 radical (unpaired) electrons. The van der Waals surface area contributed by atoms with E-state index in [0.717, 1.165) is 0 Å². The van der Waals surface area contributed by atoms with Gasteiger partial charge in [-0.2, -0.15) is 0 Å². The first-order chi connectivity index (χ1) is 28.0. The van der Waals surface area contributed by atoms with Gasteiger partial charge in [0.15, 0.2) is 0 Å². The molecule has 13 rings (SSSR count). The Hall–Kier alpha value is -6.74. The normalized spacial score (nSPS) is 13.6. The molecule has 0 fully saturated rings. The zero-order valence-corrected chi connectivity index (χ0v) is 32.4. The van der Waals surface area contributed by atoms with E-state index >= 15 is 0 Å². The molecule has 2 aromatic heterocycles. The van der Waals surface area contributed by atoms with Gasteiger partial charge in [0.05, 0.1) is 11.0 Å². The number of nitrogens with zero attached hydrogens (tertiary/aromatic N) is 1. The standard InChI is InChI=1S/C55H35NS/c1-55(2)48-16-7-5-12-39(48)44-30-46-45-28-33(34-21-27-53-47(29-34)40-13-6-8-17-52(40)57-53)20-26-50(45)56(51(46)31-49(44)55)35-22-18-32(19-23-35)36-24-25-43-38-11-4-3-10-37(38)42-15-9-14-41(36)54(42)43/h3-31H,1-2H3. The van der Waals surface area contributed by atoms with E-state index in [9.17, 15) is 0 Å². The fraction of sp³-hybridized carbons (Fsp3) is 0.0545. The third-order valence-electron chi connectivity index (χ3n) is 13.2. The zero-order chi connectivity index (χ0) is 37.6. The zero-order valence-electron chi connectivity index (χ0n) is 31.6. The lowest BCUT2D eigenvalue weighted by molar-refractivity contribution is 0.661. The van der Waals surface area contributed by atoms with E-state index in [1.807, 2.05) is 11.3 Å². The van der Waals surface area contributed by atoms with E-state index in [2.05, 4.69) is 194 Å². The van der Waals surface area contributed by atoms with E-state index in [1.54, 1.807) is 0 Å². The third kappa shape index (κ3) is 4.23. The molecule has 57 heavy (non-hydrogen) atoms. The molecule has 0 aliphatic heterocycles. The van der Waals surface area contributed by atoms with Crippen LogP contribution in [0.1, 0.15) is 25.0 Å². The highest BCUT2D eigenvalue weighted by Gasteiger charge is 2.36. The lowest BCUT2D eigenvalue weighted by Crippen LogP contribution is -2.14. The number of hydrogen-bond acceptors (Lipinski definition) is 1. The van der Waals surface area contributed by atoms with Crippen molar-refractivity contribution >= 4 is 64.1 Å². The lowest BCUT2D eigenvalue weighted by Gasteiger charge is -2.21. The van der Waals surface area contributed by atoms with Gasteiger partial charge in [-0.15, -0.1) is 11.3 Å². The predicted octanol–water partition coefficient (Wildman–Crippen LogP) is 15.6. The van der Waals surface area contributed by atoms with Crippen LogP contribution in [0.3, 0.4) is 0 Å². The second-order valence-electron chi connectivity index (χ2n) is 16.4. The SMILES string of the molecule is CC1(C)c2ccccc2-c2cc3c4cc(-c5ccc6sc7ccccc7c6c5)ccc4n(-c4ccc(-c5ccc6c7c(cccc57)-c5ccccc5-6)cc4)c3cc21. The van der Waals surface area contributed by atoms with Crippen molar-refractivity contribution in [1.82, 2.24) is 4.57 Å². The van der Waals surface area contributed by atoms with Gasteiger partial charge in [0.1, 0.15) is 0 Å². The monoisotopic (exact) mass is 741 g/mol. The molecule has 0 unspecified atom stereocenters. The van der Waals surface area contributed by atoms with Gasteiger partial charge in [-0.1, -0.05) is 135 Å². The van der Waals surface area contributed by atoms with Crippen molar-refractivity contribution in [1.29, 1.82) is 0 Å². The summed E-state index contributed by atoms with van der Waals surface area (Å²) in [7, 11) is 0. The summed E-state index contributed by atoms with van der Waals surface area (Å²) in [5, 5.41) is 7.90. The van der Waals surface area contributed by atoms with Crippen LogP contribution in [0, 0.1) is 0 Å². The average molecular weight is 742 g/mol. The Balaban J connectivity index is 1.01. The van der Waals surface area contributed by atoms with Crippen molar-refractivity contribution in [2.75, 3.05) is 0 Å². The minimum Gasteiger partial charge on any atom is -0.309 e. The van der Waals surface area contributed by atoms with Crippen LogP contribution in [-0.2, 0) is 5.41 Å². The van der Waals surface area contributed by atoms with E-state index in [4.69, 9.17) is 0 Å². The van der Waals surface area contributed by atoms with Crippen LogP contribution in [0.25, 0.3) is 114 Å². The molecule has 0 bridgehead atoms. The van der Waals surface area contributed by atoms with Gasteiger partial charge in [-0.25, -0.2) is 0 Å². The Morgan fingerprint density at radius 3 is 1.82 bits per heavy atom. The number of benzene rings is 9. The Morgan fingerprint density at radius 1 is 0.368 bits per heavy atom. The topological polar surface area (TPSA) is 4.93 Å². The van der Waals surface area contributed by atoms with Crippen molar-refractivity contribution < 1.29 is 0 Å². The molecule has 2 heteroatoms. The number of hydrogen-bond donors (Lipinski definition) is 0. The maximum Gasteiger partial charge on any atom is 0.0544 e. The van der Waals surface area contributed by atoms with Crippen molar-refractivity contribution in [3.05, 3.63) is 187 Å². The molecule has 0 N–H and O–H groups in total. The molecule has 11 aromatic rings. The maximum absolute atomic E-state index is 2.50. The minimum atomic E-state index is -0.0927. The Morgan fingerprint density at radius 2 is 0.982 bits per heavy atom. The number of thiophene rings is 1. The molecule has 1 nitrogen and oxygen atoms in total. The quantitative estimate of drug-likeness (QED) is 0.170. The molecule has 0 saturated heterocycles. The van der Waals surface area contributed by atoms with E-state index in [0.29, 0.717) is 0 Å². The highest BCUT2D eigenvalue weighted by molar-refractivity contribution is 7.25. The molecule has 0 spiro atoms. The number of rotatable bonds is 3. The summed E-state index contributed by atoms with van der Waals surface area (Å²) in [5.74, 6) is 0. The average Bonchev–Trinajstić information content (AvgIpc) is 3.96. The van der Waals surface area contributed by atoms with Gasteiger partial charge in [0.25, 0.3) is 0 Å². The Kier molecular flexibility index (Phi) is 6.18. The first kappa shape index (κ1) is 31.5. The van der Waals surface area contributed by atoms with Crippen molar-refractivity contribution in [2.24, 2.45) is 0 Å². The first-order valence-corrected chi connectivity index (χ1v) is 20.7. The number of fused-ring (bicyclic) bond motifs is 12. The maximum atomic E-state index is 2.50. The smallest absolute Gasteiger partial charge is 0.0544 e. The molecule has 9 aromatic carbocycles. The number of aromatic nitrogens is 1. The summed E-state index contributed by atoms with van der Waals surface area (Å²) in [4.78, 5) is 0. The molecule has 2 aliphatic carbocycles. The van der Waals surface area contributed by atoms with Crippen LogP contribution in [0.4, 0.5) is 0 Å². The van der Waals surface area contributed by atoms with Crippen LogP contribution in [0.5, 0.6) is 0 Å². The van der Waals surface area contributed by atoms with Gasteiger partial charge in [-0.05, 0) is 132 Å². The Bertz CT molecular complexity index is 3510. The summed E-state index contributed by atoms with van der Waals surface area (Å²) in [5.41, 5.74) is 19.4. The summed E-state index contributed by atoms with van der Waals surface area (Å²) >= 11 is 1.87. The van der Waals surface area contributed by atoms with Gasteiger partial charge in [0.2, 0.25) is 0 Å². The lowest BCUT2D eigenvalue weighted by atomic mass is 9.82. The molecule has 0 atom stereocenters. The fourth-order valence-electron chi connectivity index (χ4n) is 10.4. The molecule has 266 valence electrons.